The summed E-state index contributed by atoms with van der Waals surface area (Å²) in [5.74, 6) is 3.52. The fourth-order valence-electron chi connectivity index (χ4n) is 1.07. The Morgan fingerprint density at radius 1 is 1.71 bits per heavy atom. The molecule has 1 atom stereocenters. The zero-order valence-electron chi connectivity index (χ0n) is 8.00. The predicted octanol–water partition coefficient (Wildman–Crippen LogP) is 2.29. The van der Waals surface area contributed by atoms with Gasteiger partial charge in [-0.25, -0.2) is 9.97 Å². The van der Waals surface area contributed by atoms with Crippen molar-refractivity contribution in [3.05, 3.63) is 16.1 Å². The van der Waals surface area contributed by atoms with Crippen molar-refractivity contribution in [2.45, 2.75) is 25.8 Å². The second kappa shape index (κ2) is 5.81. The van der Waals surface area contributed by atoms with Gasteiger partial charge >= 0.3 is 0 Å². The third-order valence-electron chi connectivity index (χ3n) is 1.76. The molecule has 1 aromatic rings. The second-order valence-electron chi connectivity index (χ2n) is 2.87. The second-order valence-corrected chi connectivity index (χ2v) is 4.03. The van der Waals surface area contributed by atoms with E-state index in [1.54, 1.807) is 6.20 Å². The third-order valence-corrected chi connectivity index (χ3v) is 2.55. The molecule has 1 unspecified atom stereocenters. The molecule has 0 aliphatic rings. The number of hydrogen-bond donors (Lipinski definition) is 1. The first-order chi connectivity index (χ1) is 6.77. The van der Waals surface area contributed by atoms with Crippen molar-refractivity contribution in [2.24, 2.45) is 0 Å². The van der Waals surface area contributed by atoms with E-state index in [9.17, 15) is 0 Å². The molecular weight excluding hydrogens is 289 g/mol. The Bertz CT molecular complexity index is 332. The van der Waals surface area contributed by atoms with Gasteiger partial charge in [-0.15, -0.1) is 6.42 Å². The molecule has 0 aliphatic carbocycles. The van der Waals surface area contributed by atoms with Crippen LogP contribution in [0.25, 0.3) is 0 Å². The number of nitrogens with zero attached hydrogens (tertiary/aromatic N) is 2. The number of anilines is 1. The van der Waals surface area contributed by atoms with Crippen molar-refractivity contribution in [1.29, 1.82) is 0 Å². The van der Waals surface area contributed by atoms with Crippen molar-refractivity contribution in [3.8, 4) is 12.3 Å². The molecule has 0 aromatic carbocycles. The smallest absolute Gasteiger partial charge is 0.143 e. The Morgan fingerprint density at radius 3 is 3.07 bits per heavy atom. The van der Waals surface area contributed by atoms with Crippen LogP contribution in [0.5, 0.6) is 0 Å². The van der Waals surface area contributed by atoms with Gasteiger partial charge in [-0.05, 0) is 29.0 Å². The number of hydrogen-bond acceptors (Lipinski definition) is 3. The summed E-state index contributed by atoms with van der Waals surface area (Å²) >= 11 is 2.18. The maximum Gasteiger partial charge on any atom is 0.143 e. The molecule has 4 heteroatoms. The van der Waals surface area contributed by atoms with Gasteiger partial charge in [0.1, 0.15) is 12.1 Å². The first kappa shape index (κ1) is 11.2. The Balaban J connectivity index is 2.68. The summed E-state index contributed by atoms with van der Waals surface area (Å²) in [6.45, 7) is 2.11. The summed E-state index contributed by atoms with van der Waals surface area (Å²) in [6, 6.07) is 0.0587. The average Bonchev–Trinajstić information content (AvgIpc) is 2.20. The summed E-state index contributed by atoms with van der Waals surface area (Å²) in [7, 11) is 0. The summed E-state index contributed by atoms with van der Waals surface area (Å²) < 4.78 is 0.987. The van der Waals surface area contributed by atoms with Crippen LogP contribution in [0.3, 0.4) is 0 Å². The highest BCUT2D eigenvalue weighted by Gasteiger charge is 2.06. The van der Waals surface area contributed by atoms with Gasteiger partial charge in [0.15, 0.2) is 0 Å². The predicted molar refractivity (Wildman–Crippen MR) is 65.9 cm³/mol. The van der Waals surface area contributed by atoms with Crippen molar-refractivity contribution in [1.82, 2.24) is 9.97 Å². The highest BCUT2D eigenvalue weighted by atomic mass is 127. The molecule has 1 N–H and O–H groups in total. The van der Waals surface area contributed by atoms with Gasteiger partial charge in [0, 0.05) is 6.20 Å². The van der Waals surface area contributed by atoms with Crippen LogP contribution in [0, 0.1) is 15.9 Å². The Hall–Kier alpha value is -0.830. The van der Waals surface area contributed by atoms with Crippen molar-refractivity contribution >= 4 is 28.4 Å². The van der Waals surface area contributed by atoms with Crippen molar-refractivity contribution < 1.29 is 0 Å². The minimum atomic E-state index is 0.0587. The van der Waals surface area contributed by atoms with Gasteiger partial charge in [0.05, 0.1) is 9.61 Å². The van der Waals surface area contributed by atoms with Gasteiger partial charge in [-0.2, -0.15) is 0 Å². The van der Waals surface area contributed by atoms with E-state index in [4.69, 9.17) is 6.42 Å². The Morgan fingerprint density at radius 2 is 2.50 bits per heavy atom. The number of halogens is 1. The van der Waals surface area contributed by atoms with E-state index < -0.39 is 0 Å². The van der Waals surface area contributed by atoms with Crippen LogP contribution in [0.2, 0.25) is 0 Å². The molecule has 14 heavy (non-hydrogen) atoms. The zero-order chi connectivity index (χ0) is 10.4. The van der Waals surface area contributed by atoms with Crippen LogP contribution < -0.4 is 5.32 Å². The molecule has 0 amide bonds. The molecule has 0 spiro atoms. The zero-order valence-corrected chi connectivity index (χ0v) is 10.2. The lowest BCUT2D eigenvalue weighted by atomic mass is 10.2. The first-order valence-electron chi connectivity index (χ1n) is 4.46. The summed E-state index contributed by atoms with van der Waals surface area (Å²) in [4.78, 5) is 8.04. The molecule has 0 aliphatic heterocycles. The monoisotopic (exact) mass is 301 g/mol. The van der Waals surface area contributed by atoms with Crippen LogP contribution in [-0.2, 0) is 0 Å². The van der Waals surface area contributed by atoms with E-state index in [0.29, 0.717) is 0 Å². The Labute approximate surface area is 97.9 Å². The van der Waals surface area contributed by atoms with Crippen LogP contribution in [0.1, 0.15) is 19.8 Å². The molecule has 0 bridgehead atoms. The third kappa shape index (κ3) is 3.14. The molecule has 0 saturated heterocycles. The van der Waals surface area contributed by atoms with Crippen LogP contribution in [0.4, 0.5) is 5.82 Å². The largest absolute Gasteiger partial charge is 0.355 e. The van der Waals surface area contributed by atoms with Gasteiger partial charge in [-0.3, -0.25) is 0 Å². The van der Waals surface area contributed by atoms with Gasteiger partial charge in [-0.1, -0.05) is 19.3 Å². The van der Waals surface area contributed by atoms with Crippen LogP contribution >= 0.6 is 22.6 Å². The lowest BCUT2D eigenvalue weighted by molar-refractivity contribution is 0.751. The molecular formula is C10H12IN3. The Kier molecular flexibility index (Phi) is 4.66. The number of rotatable bonds is 4. The van der Waals surface area contributed by atoms with Crippen LogP contribution in [0.15, 0.2) is 12.5 Å². The van der Waals surface area contributed by atoms with Crippen molar-refractivity contribution in [3.63, 3.8) is 0 Å². The molecule has 1 heterocycles. The summed E-state index contributed by atoms with van der Waals surface area (Å²) in [5, 5.41) is 3.20. The minimum Gasteiger partial charge on any atom is -0.355 e. The van der Waals surface area contributed by atoms with E-state index in [1.165, 1.54) is 6.33 Å². The quantitative estimate of drug-likeness (QED) is 0.685. The highest BCUT2D eigenvalue weighted by Crippen LogP contribution is 2.14. The molecule has 1 rings (SSSR count). The normalized spacial score (nSPS) is 11.8. The highest BCUT2D eigenvalue weighted by molar-refractivity contribution is 14.1. The van der Waals surface area contributed by atoms with Crippen molar-refractivity contribution in [2.75, 3.05) is 5.32 Å². The maximum atomic E-state index is 5.40. The first-order valence-corrected chi connectivity index (χ1v) is 5.54. The summed E-state index contributed by atoms with van der Waals surface area (Å²) in [6.07, 6.45) is 10.7. The lowest BCUT2D eigenvalue weighted by Crippen LogP contribution is -2.18. The van der Waals surface area contributed by atoms with Gasteiger partial charge in [0.25, 0.3) is 0 Å². The number of nitrogens with one attached hydrogen (secondary N) is 1. The lowest BCUT2D eigenvalue weighted by Gasteiger charge is -2.12. The molecule has 0 fully saturated rings. The van der Waals surface area contributed by atoms with E-state index >= 15 is 0 Å². The topological polar surface area (TPSA) is 37.8 Å². The SMILES string of the molecule is C#CC(CCC)Nc1ncncc1I. The van der Waals surface area contributed by atoms with E-state index in [0.717, 1.165) is 22.2 Å². The average molecular weight is 301 g/mol. The van der Waals surface area contributed by atoms with Gasteiger partial charge < -0.3 is 5.32 Å². The standard InChI is InChI=1S/C10H12IN3/c1-3-5-8(4-2)14-10-9(11)6-12-7-13-10/h2,6-8H,3,5H2,1H3,(H,12,13,14). The molecule has 3 nitrogen and oxygen atoms in total. The van der Waals surface area contributed by atoms with E-state index in [-0.39, 0.29) is 6.04 Å². The summed E-state index contributed by atoms with van der Waals surface area (Å²) in [5.41, 5.74) is 0. The molecule has 0 saturated carbocycles. The van der Waals surface area contributed by atoms with E-state index in [1.807, 2.05) is 0 Å². The fourth-order valence-corrected chi connectivity index (χ4v) is 1.53. The molecule has 0 radical (unpaired) electrons. The fraction of sp³-hybridized carbons (Fsp3) is 0.400. The van der Waals surface area contributed by atoms with Crippen LogP contribution in [-0.4, -0.2) is 16.0 Å². The molecule has 74 valence electrons. The number of terminal acetylenes is 1. The maximum absolute atomic E-state index is 5.40. The van der Waals surface area contributed by atoms with Gasteiger partial charge in [0.2, 0.25) is 0 Å². The number of aromatic nitrogens is 2. The molecule has 1 aromatic heterocycles. The van der Waals surface area contributed by atoms with E-state index in [2.05, 4.69) is 50.7 Å². The minimum absolute atomic E-state index is 0.0587.